The number of carbonyl (C=O) groups is 4. The first-order valence-corrected chi connectivity index (χ1v) is 7.67. The van der Waals surface area contributed by atoms with Crippen molar-refractivity contribution < 1.29 is 28.7 Å². The Morgan fingerprint density at radius 2 is 1.88 bits per heavy atom. The molecule has 3 rings (SSSR count). The van der Waals surface area contributed by atoms with E-state index in [2.05, 4.69) is 5.32 Å². The largest absolute Gasteiger partial charge is 0.497 e. The van der Waals surface area contributed by atoms with Crippen molar-refractivity contribution >= 4 is 29.4 Å². The Morgan fingerprint density at radius 3 is 2.48 bits per heavy atom. The van der Waals surface area contributed by atoms with Crippen molar-refractivity contribution in [3.8, 4) is 11.5 Å². The predicted molar refractivity (Wildman–Crippen MR) is 85.2 cm³/mol. The molecule has 9 nitrogen and oxygen atoms in total. The number of amides is 5. The third kappa shape index (κ3) is 3.12. The molecule has 1 aromatic rings. The van der Waals surface area contributed by atoms with Gasteiger partial charge in [0.25, 0.3) is 0 Å². The first-order valence-electron chi connectivity index (χ1n) is 7.67. The Balaban J connectivity index is 1.71. The number of hydrogen-bond donors (Lipinski definition) is 1. The van der Waals surface area contributed by atoms with Crippen LogP contribution in [0.15, 0.2) is 18.2 Å². The quantitative estimate of drug-likeness (QED) is 0.597. The number of carbonyl (C=O) groups excluding carboxylic acids is 4. The molecular formula is C16H17N3O6. The molecule has 5 amide bonds. The van der Waals surface area contributed by atoms with Crippen LogP contribution in [-0.2, 0) is 14.4 Å². The molecule has 0 unspecified atom stereocenters. The highest BCUT2D eigenvalue weighted by atomic mass is 16.5. The van der Waals surface area contributed by atoms with E-state index in [-0.39, 0.29) is 6.04 Å². The van der Waals surface area contributed by atoms with E-state index in [1.807, 2.05) is 0 Å². The fourth-order valence-electron chi connectivity index (χ4n) is 2.56. The molecule has 132 valence electrons. The Morgan fingerprint density at radius 1 is 1.16 bits per heavy atom. The Hall–Kier alpha value is -3.10. The average molecular weight is 347 g/mol. The van der Waals surface area contributed by atoms with Crippen LogP contribution in [0.25, 0.3) is 0 Å². The maximum Gasteiger partial charge on any atom is 0.334 e. The van der Waals surface area contributed by atoms with Gasteiger partial charge in [-0.1, -0.05) is 0 Å². The Kier molecular flexibility index (Phi) is 4.30. The molecule has 0 aromatic heterocycles. The van der Waals surface area contributed by atoms with Crippen molar-refractivity contribution in [1.29, 1.82) is 0 Å². The molecule has 1 N–H and O–H groups in total. The molecule has 0 bridgehead atoms. The molecule has 0 atom stereocenters. The molecule has 0 radical (unpaired) electrons. The van der Waals surface area contributed by atoms with Gasteiger partial charge in [-0.25, -0.2) is 9.69 Å². The van der Waals surface area contributed by atoms with Crippen molar-refractivity contribution in [1.82, 2.24) is 9.80 Å². The average Bonchev–Trinajstić information content (AvgIpc) is 3.40. The topological polar surface area (TPSA) is 105 Å². The second-order valence-electron chi connectivity index (χ2n) is 5.69. The van der Waals surface area contributed by atoms with Crippen molar-refractivity contribution in [2.75, 3.05) is 26.1 Å². The molecule has 1 saturated carbocycles. The SMILES string of the molecule is COc1ccc(OC)c(NC(=O)CN2C(=O)C(=O)N(C3CC3)C2=O)c1. The van der Waals surface area contributed by atoms with Crippen LogP contribution in [0, 0.1) is 0 Å². The first kappa shape index (κ1) is 16.7. The molecule has 1 aliphatic carbocycles. The number of methoxy groups -OCH3 is 2. The molecule has 1 saturated heterocycles. The lowest BCUT2D eigenvalue weighted by Gasteiger charge is -2.16. The van der Waals surface area contributed by atoms with E-state index in [1.165, 1.54) is 14.2 Å². The highest BCUT2D eigenvalue weighted by molar-refractivity contribution is 6.45. The summed E-state index contributed by atoms with van der Waals surface area (Å²) in [5.41, 5.74) is 0.330. The van der Waals surface area contributed by atoms with Gasteiger partial charge in [-0.15, -0.1) is 0 Å². The number of ether oxygens (including phenoxy) is 2. The summed E-state index contributed by atoms with van der Waals surface area (Å²) in [5.74, 6) is -1.59. The van der Waals surface area contributed by atoms with Gasteiger partial charge in [0.2, 0.25) is 5.91 Å². The lowest BCUT2D eigenvalue weighted by Crippen LogP contribution is -2.39. The molecule has 2 aliphatic rings. The minimum atomic E-state index is -0.982. The van der Waals surface area contributed by atoms with Crippen LogP contribution in [0.2, 0.25) is 0 Å². The Bertz CT molecular complexity index is 758. The molecule has 0 spiro atoms. The standard InChI is InChI=1S/C16H17N3O6/c1-24-10-5-6-12(25-2)11(7-10)17-13(20)8-18-14(21)15(22)19(16(18)23)9-3-4-9/h5-7,9H,3-4,8H2,1-2H3,(H,17,20). The van der Waals surface area contributed by atoms with Gasteiger partial charge in [0.1, 0.15) is 18.0 Å². The fraction of sp³-hybridized carbons (Fsp3) is 0.375. The summed E-state index contributed by atoms with van der Waals surface area (Å²) in [4.78, 5) is 49.9. The lowest BCUT2D eigenvalue weighted by molar-refractivity contribution is -0.143. The van der Waals surface area contributed by atoms with E-state index in [0.717, 1.165) is 4.90 Å². The third-order valence-corrected chi connectivity index (χ3v) is 3.98. The number of imide groups is 2. The van der Waals surface area contributed by atoms with Crippen LogP contribution >= 0.6 is 0 Å². The van der Waals surface area contributed by atoms with E-state index in [0.29, 0.717) is 34.9 Å². The van der Waals surface area contributed by atoms with Crippen molar-refractivity contribution in [3.63, 3.8) is 0 Å². The van der Waals surface area contributed by atoms with Gasteiger partial charge in [-0.2, -0.15) is 0 Å². The summed E-state index contributed by atoms with van der Waals surface area (Å²) in [6.07, 6.45) is 1.37. The van der Waals surface area contributed by atoms with Crippen molar-refractivity contribution in [3.05, 3.63) is 18.2 Å². The van der Waals surface area contributed by atoms with Gasteiger partial charge in [-0.3, -0.25) is 19.3 Å². The minimum absolute atomic E-state index is 0.226. The molecule has 1 aromatic carbocycles. The van der Waals surface area contributed by atoms with Gasteiger partial charge < -0.3 is 14.8 Å². The summed E-state index contributed by atoms with van der Waals surface area (Å²) in [6.45, 7) is -0.549. The second-order valence-corrected chi connectivity index (χ2v) is 5.69. The number of rotatable bonds is 6. The van der Waals surface area contributed by atoms with Crippen molar-refractivity contribution in [2.45, 2.75) is 18.9 Å². The zero-order valence-corrected chi connectivity index (χ0v) is 13.8. The highest BCUT2D eigenvalue weighted by Crippen LogP contribution is 2.31. The Labute approximate surface area is 143 Å². The smallest absolute Gasteiger partial charge is 0.334 e. The summed E-state index contributed by atoms with van der Waals surface area (Å²) in [6, 6.07) is 3.85. The zero-order valence-electron chi connectivity index (χ0n) is 13.8. The number of urea groups is 1. The molecule has 9 heteroatoms. The van der Waals surface area contributed by atoms with Gasteiger partial charge in [0.15, 0.2) is 0 Å². The van der Waals surface area contributed by atoms with Gasteiger partial charge >= 0.3 is 17.8 Å². The molecule has 1 aliphatic heterocycles. The summed E-state index contributed by atoms with van der Waals surface area (Å²) in [5, 5.41) is 2.56. The second kappa shape index (κ2) is 6.42. The van der Waals surface area contributed by atoms with E-state index in [9.17, 15) is 19.2 Å². The van der Waals surface area contributed by atoms with E-state index in [4.69, 9.17) is 9.47 Å². The number of nitrogens with zero attached hydrogens (tertiary/aromatic N) is 2. The van der Waals surface area contributed by atoms with E-state index < -0.39 is 30.3 Å². The number of nitrogens with one attached hydrogen (secondary N) is 1. The number of benzene rings is 1. The zero-order chi connectivity index (χ0) is 18.1. The van der Waals surface area contributed by atoms with Gasteiger partial charge in [-0.05, 0) is 25.0 Å². The first-order chi connectivity index (χ1) is 12.0. The van der Waals surface area contributed by atoms with E-state index >= 15 is 0 Å². The van der Waals surface area contributed by atoms with Crippen LogP contribution < -0.4 is 14.8 Å². The predicted octanol–water partition coefficient (Wildman–Crippen LogP) is 0.595. The highest BCUT2D eigenvalue weighted by Gasteiger charge is 2.51. The summed E-state index contributed by atoms with van der Waals surface area (Å²) in [7, 11) is 2.92. The van der Waals surface area contributed by atoms with Crippen LogP contribution in [0.5, 0.6) is 11.5 Å². The normalized spacial score (nSPS) is 17.1. The van der Waals surface area contributed by atoms with Gasteiger partial charge in [0, 0.05) is 12.1 Å². The molecule has 1 heterocycles. The maximum atomic E-state index is 12.2. The molecular weight excluding hydrogens is 330 g/mol. The number of hydrogen-bond acceptors (Lipinski definition) is 6. The van der Waals surface area contributed by atoms with E-state index in [1.54, 1.807) is 18.2 Å². The van der Waals surface area contributed by atoms with Crippen LogP contribution in [-0.4, -0.2) is 60.4 Å². The van der Waals surface area contributed by atoms with Crippen molar-refractivity contribution in [2.24, 2.45) is 0 Å². The molecule has 2 fully saturated rings. The minimum Gasteiger partial charge on any atom is -0.497 e. The van der Waals surface area contributed by atoms with Crippen LogP contribution in [0.3, 0.4) is 0 Å². The lowest BCUT2D eigenvalue weighted by atomic mass is 10.2. The number of anilines is 1. The van der Waals surface area contributed by atoms with Crippen LogP contribution in [0.4, 0.5) is 10.5 Å². The summed E-state index contributed by atoms with van der Waals surface area (Å²) < 4.78 is 10.2. The fourth-order valence-corrected chi connectivity index (χ4v) is 2.56. The maximum absolute atomic E-state index is 12.2. The summed E-state index contributed by atoms with van der Waals surface area (Å²) >= 11 is 0. The third-order valence-electron chi connectivity index (χ3n) is 3.98. The molecule has 25 heavy (non-hydrogen) atoms. The van der Waals surface area contributed by atoms with Crippen LogP contribution in [0.1, 0.15) is 12.8 Å². The van der Waals surface area contributed by atoms with Gasteiger partial charge in [0.05, 0.1) is 19.9 Å². The monoisotopic (exact) mass is 347 g/mol.